The van der Waals surface area contributed by atoms with Crippen molar-refractivity contribution in [3.63, 3.8) is 0 Å². The van der Waals surface area contributed by atoms with Gasteiger partial charge in [-0.15, -0.1) is 0 Å². The summed E-state index contributed by atoms with van der Waals surface area (Å²) in [6.45, 7) is 3.43. The molecule has 0 unspecified atom stereocenters. The van der Waals surface area contributed by atoms with E-state index in [0.29, 0.717) is 31.7 Å². The first-order chi connectivity index (χ1) is 10.4. The third kappa shape index (κ3) is 2.71. The van der Waals surface area contributed by atoms with Gasteiger partial charge in [-0.05, 0) is 24.6 Å². The number of aryl methyl sites for hydroxylation is 1. The predicted molar refractivity (Wildman–Crippen MR) is 82.2 cm³/mol. The van der Waals surface area contributed by atoms with Gasteiger partial charge in [0.25, 0.3) is 5.91 Å². The number of hydrogen-bond acceptors (Lipinski definition) is 4. The minimum atomic E-state index is -3.19. The molecule has 3 rings (SSSR count). The summed E-state index contributed by atoms with van der Waals surface area (Å²) < 4.78 is 26.1. The molecule has 3 heterocycles. The molecule has 0 radical (unpaired) electrons. The second-order valence-corrected chi connectivity index (χ2v) is 7.53. The van der Waals surface area contributed by atoms with Gasteiger partial charge < -0.3 is 4.90 Å². The molecule has 0 aromatic carbocycles. The minimum absolute atomic E-state index is 0.103. The third-order valence-corrected chi connectivity index (χ3v) is 5.21. The van der Waals surface area contributed by atoms with Gasteiger partial charge in [0.2, 0.25) is 10.0 Å². The van der Waals surface area contributed by atoms with Crippen LogP contribution in [0.25, 0.3) is 5.52 Å². The van der Waals surface area contributed by atoms with Crippen molar-refractivity contribution in [3.05, 3.63) is 35.7 Å². The van der Waals surface area contributed by atoms with E-state index in [1.165, 1.54) is 10.6 Å². The molecule has 1 aliphatic rings. The maximum atomic E-state index is 12.6. The Kier molecular flexibility index (Phi) is 3.65. The van der Waals surface area contributed by atoms with E-state index in [1.807, 2.05) is 25.3 Å². The van der Waals surface area contributed by atoms with Gasteiger partial charge in [0.1, 0.15) is 0 Å². The Morgan fingerprint density at radius 1 is 1.23 bits per heavy atom. The maximum Gasteiger partial charge on any atom is 0.257 e. The van der Waals surface area contributed by atoms with Crippen molar-refractivity contribution in [2.75, 3.05) is 32.4 Å². The summed E-state index contributed by atoms with van der Waals surface area (Å²) in [5.74, 6) is -0.103. The van der Waals surface area contributed by atoms with E-state index in [0.717, 1.165) is 11.1 Å². The molecule has 118 valence electrons. The monoisotopic (exact) mass is 322 g/mol. The molecule has 2 aromatic heterocycles. The summed E-state index contributed by atoms with van der Waals surface area (Å²) >= 11 is 0. The van der Waals surface area contributed by atoms with Gasteiger partial charge >= 0.3 is 0 Å². The van der Waals surface area contributed by atoms with E-state index < -0.39 is 10.0 Å². The minimum Gasteiger partial charge on any atom is -0.336 e. The lowest BCUT2D eigenvalue weighted by atomic mass is 10.2. The van der Waals surface area contributed by atoms with Crippen molar-refractivity contribution >= 4 is 21.4 Å². The quantitative estimate of drug-likeness (QED) is 0.800. The molecule has 1 aliphatic heterocycles. The molecule has 0 bridgehead atoms. The van der Waals surface area contributed by atoms with Gasteiger partial charge in [0.05, 0.1) is 23.5 Å². The molecule has 7 nitrogen and oxygen atoms in total. The Morgan fingerprint density at radius 3 is 2.55 bits per heavy atom. The lowest BCUT2D eigenvalue weighted by Gasteiger charge is -2.33. The van der Waals surface area contributed by atoms with E-state index in [-0.39, 0.29) is 5.91 Å². The first-order valence-corrected chi connectivity index (χ1v) is 8.89. The molecule has 0 N–H and O–H groups in total. The Labute approximate surface area is 129 Å². The van der Waals surface area contributed by atoms with Crippen LogP contribution < -0.4 is 0 Å². The smallest absolute Gasteiger partial charge is 0.257 e. The van der Waals surface area contributed by atoms with E-state index in [2.05, 4.69) is 5.10 Å². The van der Waals surface area contributed by atoms with Crippen LogP contribution in [-0.2, 0) is 10.0 Å². The number of fused-ring (bicyclic) bond motifs is 1. The van der Waals surface area contributed by atoms with Gasteiger partial charge in [-0.2, -0.15) is 9.40 Å². The molecular formula is C14H18N4O3S. The van der Waals surface area contributed by atoms with Crippen LogP contribution in [0.2, 0.25) is 0 Å². The number of sulfonamides is 1. The van der Waals surface area contributed by atoms with Crippen LogP contribution in [-0.4, -0.2) is 65.6 Å². The summed E-state index contributed by atoms with van der Waals surface area (Å²) in [4.78, 5) is 14.3. The van der Waals surface area contributed by atoms with Crippen molar-refractivity contribution in [1.29, 1.82) is 0 Å². The second kappa shape index (κ2) is 5.36. The van der Waals surface area contributed by atoms with E-state index in [4.69, 9.17) is 0 Å². The van der Waals surface area contributed by atoms with E-state index in [9.17, 15) is 13.2 Å². The molecule has 2 aromatic rings. The Balaban J connectivity index is 1.81. The van der Waals surface area contributed by atoms with Crippen LogP contribution in [0.4, 0.5) is 0 Å². The van der Waals surface area contributed by atoms with Gasteiger partial charge in [-0.25, -0.2) is 12.9 Å². The zero-order chi connectivity index (χ0) is 15.9. The fourth-order valence-corrected chi connectivity index (χ4v) is 3.47. The molecule has 8 heteroatoms. The van der Waals surface area contributed by atoms with Gasteiger partial charge in [0, 0.05) is 32.4 Å². The summed E-state index contributed by atoms with van der Waals surface area (Å²) in [6, 6.07) is 3.85. The zero-order valence-corrected chi connectivity index (χ0v) is 13.4. The average molecular weight is 322 g/mol. The van der Waals surface area contributed by atoms with Crippen LogP contribution in [0.5, 0.6) is 0 Å². The SMILES string of the molecule is Cc1ccn2ncc(C(=O)N3CCN(S(C)(=O)=O)CC3)c2c1. The Hall–Kier alpha value is -1.93. The molecule has 22 heavy (non-hydrogen) atoms. The van der Waals surface area contributed by atoms with Crippen LogP contribution >= 0.6 is 0 Å². The number of aromatic nitrogens is 2. The van der Waals surface area contributed by atoms with E-state index >= 15 is 0 Å². The van der Waals surface area contributed by atoms with Crippen molar-refractivity contribution in [2.45, 2.75) is 6.92 Å². The highest BCUT2D eigenvalue weighted by molar-refractivity contribution is 7.88. The normalized spacial score (nSPS) is 17.1. The number of rotatable bonds is 2. The topological polar surface area (TPSA) is 75.0 Å². The lowest BCUT2D eigenvalue weighted by molar-refractivity contribution is 0.0700. The Bertz CT molecular complexity index is 820. The van der Waals surface area contributed by atoms with Crippen molar-refractivity contribution in [3.8, 4) is 0 Å². The molecule has 1 fully saturated rings. The fourth-order valence-electron chi connectivity index (χ4n) is 2.64. The summed E-state index contributed by atoms with van der Waals surface area (Å²) in [6.07, 6.45) is 4.58. The first kappa shape index (κ1) is 15.0. The molecule has 1 amide bonds. The number of hydrogen-bond donors (Lipinski definition) is 0. The summed E-state index contributed by atoms with van der Waals surface area (Å²) in [7, 11) is -3.19. The molecule has 0 atom stereocenters. The van der Waals surface area contributed by atoms with Crippen LogP contribution in [0.1, 0.15) is 15.9 Å². The van der Waals surface area contributed by atoms with Crippen molar-refractivity contribution in [2.24, 2.45) is 0 Å². The first-order valence-electron chi connectivity index (χ1n) is 7.04. The summed E-state index contributed by atoms with van der Waals surface area (Å²) in [5, 5.41) is 4.19. The summed E-state index contributed by atoms with van der Waals surface area (Å²) in [5.41, 5.74) is 2.39. The van der Waals surface area contributed by atoms with Gasteiger partial charge in [-0.3, -0.25) is 4.79 Å². The number of carbonyl (C=O) groups excluding carboxylic acids is 1. The van der Waals surface area contributed by atoms with Crippen LogP contribution in [0.3, 0.4) is 0 Å². The van der Waals surface area contributed by atoms with Crippen LogP contribution in [0.15, 0.2) is 24.5 Å². The molecule has 0 aliphatic carbocycles. The number of nitrogens with zero attached hydrogens (tertiary/aromatic N) is 4. The maximum absolute atomic E-state index is 12.6. The second-order valence-electron chi connectivity index (χ2n) is 5.55. The number of pyridine rings is 1. The lowest BCUT2D eigenvalue weighted by Crippen LogP contribution is -2.50. The molecule has 1 saturated heterocycles. The molecular weight excluding hydrogens is 304 g/mol. The van der Waals surface area contributed by atoms with E-state index in [1.54, 1.807) is 15.6 Å². The van der Waals surface area contributed by atoms with Gasteiger partial charge in [0.15, 0.2) is 0 Å². The largest absolute Gasteiger partial charge is 0.336 e. The highest BCUT2D eigenvalue weighted by atomic mass is 32.2. The number of carbonyl (C=O) groups is 1. The van der Waals surface area contributed by atoms with Crippen molar-refractivity contribution in [1.82, 2.24) is 18.8 Å². The zero-order valence-electron chi connectivity index (χ0n) is 12.6. The number of amides is 1. The van der Waals surface area contributed by atoms with Crippen molar-refractivity contribution < 1.29 is 13.2 Å². The fraction of sp³-hybridized carbons (Fsp3) is 0.429. The average Bonchev–Trinajstić information content (AvgIpc) is 2.88. The third-order valence-electron chi connectivity index (χ3n) is 3.90. The van der Waals surface area contributed by atoms with Gasteiger partial charge in [-0.1, -0.05) is 0 Å². The predicted octanol–water partition coefficient (Wildman–Crippen LogP) is 0.360. The van der Waals surface area contributed by atoms with Crippen LogP contribution in [0, 0.1) is 6.92 Å². The highest BCUT2D eigenvalue weighted by Crippen LogP contribution is 2.16. The molecule has 0 saturated carbocycles. The molecule has 0 spiro atoms. The highest BCUT2D eigenvalue weighted by Gasteiger charge is 2.27. The number of piperazine rings is 1. The Morgan fingerprint density at radius 2 is 1.91 bits per heavy atom. The standard InChI is InChI=1S/C14H18N4O3S/c1-11-3-4-18-13(9-11)12(10-15-18)14(19)16-5-7-17(8-6-16)22(2,20)21/h3-4,9-10H,5-8H2,1-2H3.